The average Bonchev–Trinajstić information content (AvgIpc) is 3.56. The fourth-order valence-corrected chi connectivity index (χ4v) is 14.6. The number of likely N-dealkylation sites (N-methyl/N-ethyl adjacent to an activating group) is 1. The molecular weight excluding hydrogens is 469 g/mol. The molecule has 3 aliphatic rings. The molecule has 33 heavy (non-hydrogen) atoms. The standard InChI is InChI=1S/C11H17NSi.C8H20N2Si.C6H17NSi2/c1-10(12-8-5-9-13-12)11-6-3-2-4-7-11;1-9(2)6-7-10-5-4-8-11(10)3;1-9(2,3)7-5-4-6-8-7/h2-4,6-7,10H,5,8-9,13H2,1H3;11H,4-8H2,1-3H3;4-6,8H2,1-3H3/t10-;;/m1../s1. The van der Waals surface area contributed by atoms with E-state index < -0.39 is 17.2 Å². The summed E-state index contributed by atoms with van der Waals surface area (Å²) < 4.78 is 8.25. The lowest BCUT2D eigenvalue weighted by atomic mass is 10.1. The third-order valence-corrected chi connectivity index (χ3v) is 20.1. The minimum Gasteiger partial charge on any atom is -0.350 e. The van der Waals surface area contributed by atoms with E-state index in [-0.39, 0.29) is 19.4 Å². The highest BCUT2D eigenvalue weighted by atomic mass is 28.4. The molecule has 0 amide bonds. The highest BCUT2D eigenvalue weighted by Crippen LogP contribution is 2.23. The van der Waals surface area contributed by atoms with E-state index in [0.29, 0.717) is 6.04 Å². The van der Waals surface area contributed by atoms with Crippen LogP contribution in [-0.2, 0) is 0 Å². The van der Waals surface area contributed by atoms with E-state index in [4.69, 9.17) is 0 Å². The predicted molar refractivity (Wildman–Crippen MR) is 160 cm³/mol. The lowest BCUT2D eigenvalue weighted by Crippen LogP contribution is -2.45. The summed E-state index contributed by atoms with van der Waals surface area (Å²) in [6, 6.07) is 16.2. The Bertz CT molecular complexity index is 629. The first-order valence-corrected chi connectivity index (χ1v) is 22.8. The minimum absolute atomic E-state index is 0.0993. The van der Waals surface area contributed by atoms with Crippen LogP contribution in [-0.4, -0.2) is 102 Å². The fourth-order valence-electron chi connectivity index (χ4n) is 5.11. The van der Waals surface area contributed by atoms with Crippen LogP contribution in [0.5, 0.6) is 0 Å². The van der Waals surface area contributed by atoms with Gasteiger partial charge in [0, 0.05) is 19.1 Å². The second-order valence-electron chi connectivity index (χ2n) is 11.5. The summed E-state index contributed by atoms with van der Waals surface area (Å²) in [6.07, 6.45) is 4.39. The van der Waals surface area contributed by atoms with Crippen LogP contribution in [0.4, 0.5) is 0 Å². The molecule has 0 spiro atoms. The summed E-state index contributed by atoms with van der Waals surface area (Å²) in [7, 11) is 3.41. The van der Waals surface area contributed by atoms with Gasteiger partial charge in [-0.25, -0.2) is 0 Å². The lowest BCUT2D eigenvalue weighted by molar-refractivity contribution is 0.347. The Morgan fingerprint density at radius 1 is 0.970 bits per heavy atom. The third-order valence-electron chi connectivity index (χ3n) is 7.55. The van der Waals surface area contributed by atoms with Crippen molar-refractivity contribution in [1.82, 2.24) is 18.3 Å². The van der Waals surface area contributed by atoms with Crippen LogP contribution in [0, 0.1) is 0 Å². The Morgan fingerprint density at radius 3 is 2.09 bits per heavy atom. The number of rotatable bonds is 6. The van der Waals surface area contributed by atoms with Crippen molar-refractivity contribution in [1.29, 1.82) is 0 Å². The van der Waals surface area contributed by atoms with Crippen LogP contribution in [0.2, 0.25) is 44.3 Å². The summed E-state index contributed by atoms with van der Waals surface area (Å²) in [4.78, 5) is 2.28. The van der Waals surface area contributed by atoms with Crippen molar-refractivity contribution in [2.75, 3.05) is 46.8 Å². The number of hydrogen-bond donors (Lipinski definition) is 0. The van der Waals surface area contributed by atoms with Gasteiger partial charge in [-0.3, -0.25) is 0 Å². The van der Waals surface area contributed by atoms with Gasteiger partial charge in [-0.1, -0.05) is 56.5 Å². The first-order chi connectivity index (χ1) is 15.7. The molecule has 0 aliphatic carbocycles. The molecule has 3 saturated heterocycles. The van der Waals surface area contributed by atoms with Crippen molar-refractivity contribution in [3.63, 3.8) is 0 Å². The molecule has 190 valence electrons. The van der Waals surface area contributed by atoms with Gasteiger partial charge in [0.15, 0.2) is 0 Å². The van der Waals surface area contributed by atoms with Gasteiger partial charge in [-0.2, -0.15) is 0 Å². The summed E-state index contributed by atoms with van der Waals surface area (Å²) in [5.74, 6) is 0. The molecule has 1 unspecified atom stereocenters. The molecule has 0 saturated carbocycles. The van der Waals surface area contributed by atoms with Crippen molar-refractivity contribution in [2.24, 2.45) is 0 Å². The molecule has 3 fully saturated rings. The average molecular weight is 523 g/mol. The van der Waals surface area contributed by atoms with Crippen LogP contribution in [0.3, 0.4) is 0 Å². The molecule has 0 radical (unpaired) electrons. The zero-order valence-electron chi connectivity index (χ0n) is 23.0. The summed E-state index contributed by atoms with van der Waals surface area (Å²) >= 11 is 0. The maximum absolute atomic E-state index is 2.83. The van der Waals surface area contributed by atoms with E-state index in [2.05, 4.69) is 95.8 Å². The largest absolute Gasteiger partial charge is 0.350 e. The molecule has 3 aliphatic heterocycles. The monoisotopic (exact) mass is 522 g/mol. The molecule has 1 aromatic carbocycles. The molecule has 2 atom stereocenters. The second kappa shape index (κ2) is 15.1. The van der Waals surface area contributed by atoms with Crippen molar-refractivity contribution < 1.29 is 0 Å². The van der Waals surface area contributed by atoms with Crippen molar-refractivity contribution >= 4 is 36.6 Å². The molecule has 3 heterocycles. The van der Waals surface area contributed by atoms with Crippen LogP contribution in [0.25, 0.3) is 0 Å². The maximum Gasteiger partial charge on any atom is 0.112 e. The molecule has 4 nitrogen and oxygen atoms in total. The van der Waals surface area contributed by atoms with Gasteiger partial charge in [0.2, 0.25) is 0 Å². The Hall–Kier alpha value is -0.0725. The van der Waals surface area contributed by atoms with Crippen molar-refractivity contribution in [3.05, 3.63) is 35.9 Å². The van der Waals surface area contributed by atoms with E-state index in [1.807, 2.05) is 0 Å². The lowest BCUT2D eigenvalue weighted by Gasteiger charge is -2.29. The predicted octanol–water partition coefficient (Wildman–Crippen LogP) is 3.59. The minimum atomic E-state index is -0.829. The van der Waals surface area contributed by atoms with E-state index in [9.17, 15) is 0 Å². The molecule has 0 aromatic heterocycles. The van der Waals surface area contributed by atoms with Gasteiger partial charge in [0.05, 0.1) is 19.4 Å². The highest BCUT2D eigenvalue weighted by Gasteiger charge is 2.25. The van der Waals surface area contributed by atoms with E-state index in [0.717, 1.165) is 0 Å². The summed E-state index contributed by atoms with van der Waals surface area (Å²) in [5.41, 5.74) is 1.48. The van der Waals surface area contributed by atoms with Gasteiger partial charge in [-0.05, 0) is 83.6 Å². The second-order valence-corrected chi connectivity index (χ2v) is 24.0. The first-order valence-electron chi connectivity index (χ1n) is 13.6. The van der Waals surface area contributed by atoms with Gasteiger partial charge in [0.1, 0.15) is 17.2 Å². The quantitative estimate of drug-likeness (QED) is 0.529. The summed E-state index contributed by atoms with van der Waals surface area (Å²) in [6.45, 7) is 18.9. The first kappa shape index (κ1) is 29.2. The smallest absolute Gasteiger partial charge is 0.112 e. The Kier molecular flexibility index (Phi) is 13.4. The Labute approximate surface area is 213 Å². The fraction of sp³-hybridized carbons (Fsp3) is 0.760. The molecule has 0 bridgehead atoms. The molecular formula is C25H54N4Si4. The van der Waals surface area contributed by atoms with Crippen LogP contribution >= 0.6 is 0 Å². The molecule has 1 aromatic rings. The highest BCUT2D eigenvalue weighted by molar-refractivity contribution is 6.79. The van der Waals surface area contributed by atoms with E-state index >= 15 is 0 Å². The van der Waals surface area contributed by atoms with Crippen LogP contribution in [0.15, 0.2) is 30.3 Å². The zero-order valence-corrected chi connectivity index (χ0v) is 28.0. The van der Waals surface area contributed by atoms with Gasteiger partial charge in [0.25, 0.3) is 0 Å². The maximum atomic E-state index is 2.83. The number of hydrogen-bond acceptors (Lipinski definition) is 4. The normalized spacial score (nSPS) is 24.7. The molecule has 8 heteroatoms. The Morgan fingerprint density at radius 2 is 1.64 bits per heavy atom. The zero-order chi connectivity index (χ0) is 24.3. The molecule has 0 N–H and O–H groups in total. The van der Waals surface area contributed by atoms with Crippen molar-refractivity contribution in [3.8, 4) is 0 Å². The third kappa shape index (κ3) is 11.0. The SMILES string of the molecule is CN(C)CCN1CCC[SiH]1C.C[C@H](c1ccccc1)N1CCC[SiH2]1.C[Si](C)(C)N1CCC[SiH2]1. The number of nitrogens with zero attached hydrogens (tertiary/aromatic N) is 4. The van der Waals surface area contributed by atoms with E-state index in [1.54, 1.807) is 6.04 Å². The molecule has 4 rings (SSSR count). The topological polar surface area (TPSA) is 13.0 Å². The Balaban J connectivity index is 0.000000178. The van der Waals surface area contributed by atoms with Gasteiger partial charge in [-0.15, -0.1) is 0 Å². The van der Waals surface area contributed by atoms with Gasteiger partial charge < -0.3 is 18.3 Å². The number of benzene rings is 1. The van der Waals surface area contributed by atoms with E-state index in [1.165, 1.54) is 69.6 Å². The van der Waals surface area contributed by atoms with Gasteiger partial charge >= 0.3 is 0 Å². The van der Waals surface area contributed by atoms with Crippen LogP contribution in [0.1, 0.15) is 37.8 Å². The summed E-state index contributed by atoms with van der Waals surface area (Å²) in [5, 5.41) is 0. The van der Waals surface area contributed by atoms with Crippen molar-refractivity contribution in [2.45, 2.75) is 76.5 Å². The van der Waals surface area contributed by atoms with Crippen LogP contribution < -0.4 is 0 Å².